The lowest BCUT2D eigenvalue weighted by molar-refractivity contribution is -0.127. The Morgan fingerprint density at radius 3 is 2.50 bits per heavy atom. The third kappa shape index (κ3) is 3.41. The number of nitriles is 1. The fraction of sp³-hybridized carbons (Fsp3) is 0.467. The first-order valence-electron chi connectivity index (χ1n) is 6.41. The number of benzene rings is 1. The summed E-state index contributed by atoms with van der Waals surface area (Å²) in [6, 6.07) is 7.47. The van der Waals surface area contributed by atoms with Gasteiger partial charge in [-0.25, -0.2) is 0 Å². The quantitative estimate of drug-likeness (QED) is 0.865. The van der Waals surface area contributed by atoms with E-state index in [-0.39, 0.29) is 5.91 Å². The minimum Gasteiger partial charge on any atom is -0.493 e. The molecule has 1 aromatic rings. The van der Waals surface area contributed by atoms with Crippen molar-refractivity contribution in [1.29, 1.82) is 5.26 Å². The van der Waals surface area contributed by atoms with Crippen molar-refractivity contribution in [2.24, 2.45) is 5.41 Å². The van der Waals surface area contributed by atoms with Crippen molar-refractivity contribution in [3.8, 4) is 17.6 Å². The monoisotopic (exact) mass is 276 g/mol. The Bertz CT molecular complexity index is 522. The lowest BCUT2D eigenvalue weighted by Crippen LogP contribution is -2.37. The predicted molar refractivity (Wildman–Crippen MR) is 75.4 cm³/mol. The molecule has 1 N–H and O–H groups in total. The van der Waals surface area contributed by atoms with Gasteiger partial charge in [0, 0.05) is 6.54 Å². The van der Waals surface area contributed by atoms with Crippen molar-refractivity contribution in [3.63, 3.8) is 0 Å². The summed E-state index contributed by atoms with van der Waals surface area (Å²) in [7, 11) is 3.13. The summed E-state index contributed by atoms with van der Waals surface area (Å²) in [5, 5.41) is 11.8. The first-order valence-corrected chi connectivity index (χ1v) is 6.41. The van der Waals surface area contributed by atoms with Crippen LogP contribution in [-0.2, 0) is 11.3 Å². The fourth-order valence-electron chi connectivity index (χ4n) is 1.66. The van der Waals surface area contributed by atoms with Crippen LogP contribution in [0.2, 0.25) is 0 Å². The third-order valence-electron chi connectivity index (χ3n) is 3.36. The molecule has 1 aromatic carbocycles. The lowest BCUT2D eigenvalue weighted by atomic mass is 9.88. The van der Waals surface area contributed by atoms with Gasteiger partial charge in [0.15, 0.2) is 11.5 Å². The number of amides is 1. The van der Waals surface area contributed by atoms with Crippen LogP contribution >= 0.6 is 0 Å². The van der Waals surface area contributed by atoms with Crippen LogP contribution in [-0.4, -0.2) is 20.1 Å². The largest absolute Gasteiger partial charge is 0.493 e. The molecule has 0 fully saturated rings. The highest BCUT2D eigenvalue weighted by Crippen LogP contribution is 2.27. The standard InChI is InChI=1S/C15H20N2O3/c1-5-15(2,10-16)14(18)17-9-11-6-7-12(19-3)13(8-11)20-4/h6-8H,5,9H2,1-4H3,(H,17,18). The van der Waals surface area contributed by atoms with Crippen molar-refractivity contribution < 1.29 is 14.3 Å². The maximum absolute atomic E-state index is 12.0. The summed E-state index contributed by atoms with van der Waals surface area (Å²) in [5.74, 6) is 0.980. The van der Waals surface area contributed by atoms with Gasteiger partial charge in [0.05, 0.1) is 20.3 Å². The molecule has 0 saturated carbocycles. The number of hydrogen-bond donors (Lipinski definition) is 1. The predicted octanol–water partition coefficient (Wildman–Crippen LogP) is 2.26. The van der Waals surface area contributed by atoms with Crippen molar-refractivity contribution >= 4 is 5.91 Å². The molecule has 20 heavy (non-hydrogen) atoms. The molecular formula is C15H20N2O3. The summed E-state index contributed by atoms with van der Waals surface area (Å²) in [5.41, 5.74) is -0.108. The van der Waals surface area contributed by atoms with Gasteiger partial charge >= 0.3 is 0 Å². The number of ether oxygens (including phenoxy) is 2. The zero-order valence-electron chi connectivity index (χ0n) is 12.3. The fourth-order valence-corrected chi connectivity index (χ4v) is 1.66. The second-order valence-electron chi connectivity index (χ2n) is 4.67. The molecule has 1 amide bonds. The second-order valence-corrected chi connectivity index (χ2v) is 4.67. The molecule has 0 radical (unpaired) electrons. The molecule has 1 rings (SSSR count). The average molecular weight is 276 g/mol. The molecule has 0 aromatic heterocycles. The van der Waals surface area contributed by atoms with Crippen LogP contribution in [0.3, 0.4) is 0 Å². The maximum atomic E-state index is 12.0. The number of nitrogens with one attached hydrogen (secondary N) is 1. The molecule has 0 heterocycles. The third-order valence-corrected chi connectivity index (χ3v) is 3.36. The zero-order chi connectivity index (χ0) is 15.2. The normalized spacial score (nSPS) is 12.9. The highest BCUT2D eigenvalue weighted by atomic mass is 16.5. The van der Waals surface area contributed by atoms with Gasteiger partial charge in [-0.2, -0.15) is 5.26 Å². The van der Waals surface area contributed by atoms with E-state index in [9.17, 15) is 4.79 Å². The van der Waals surface area contributed by atoms with E-state index in [1.165, 1.54) is 0 Å². The zero-order valence-corrected chi connectivity index (χ0v) is 12.3. The van der Waals surface area contributed by atoms with Crippen LogP contribution in [0.5, 0.6) is 11.5 Å². The van der Waals surface area contributed by atoms with E-state index in [4.69, 9.17) is 14.7 Å². The molecule has 5 nitrogen and oxygen atoms in total. The summed E-state index contributed by atoms with van der Waals surface area (Å²) in [6.45, 7) is 3.80. The van der Waals surface area contributed by atoms with Gasteiger partial charge in [0.2, 0.25) is 5.91 Å². The maximum Gasteiger partial charge on any atom is 0.240 e. The Hall–Kier alpha value is -2.22. The van der Waals surface area contributed by atoms with Crippen molar-refractivity contribution in [1.82, 2.24) is 5.32 Å². The van der Waals surface area contributed by atoms with E-state index < -0.39 is 5.41 Å². The van der Waals surface area contributed by atoms with E-state index in [2.05, 4.69) is 5.32 Å². The second kappa shape index (κ2) is 6.80. The minimum absolute atomic E-state index is 0.266. The SMILES string of the molecule is CCC(C)(C#N)C(=O)NCc1ccc(OC)c(OC)c1. The Morgan fingerprint density at radius 1 is 1.35 bits per heavy atom. The lowest BCUT2D eigenvalue weighted by Gasteiger charge is -2.18. The molecule has 0 bridgehead atoms. The molecule has 5 heteroatoms. The Kier molecular flexibility index (Phi) is 5.39. The average Bonchev–Trinajstić information content (AvgIpc) is 2.51. The molecular weight excluding hydrogens is 256 g/mol. The van der Waals surface area contributed by atoms with Crippen LogP contribution in [0.4, 0.5) is 0 Å². The number of methoxy groups -OCH3 is 2. The smallest absolute Gasteiger partial charge is 0.240 e. The Balaban J connectivity index is 2.76. The Morgan fingerprint density at radius 2 is 2.00 bits per heavy atom. The number of nitrogens with zero attached hydrogens (tertiary/aromatic N) is 1. The topological polar surface area (TPSA) is 71.4 Å². The first kappa shape index (κ1) is 15.8. The van der Waals surface area contributed by atoms with Crippen LogP contribution in [0.1, 0.15) is 25.8 Å². The van der Waals surface area contributed by atoms with E-state index in [0.29, 0.717) is 24.5 Å². The number of hydrogen-bond acceptors (Lipinski definition) is 4. The number of rotatable bonds is 6. The van der Waals surface area contributed by atoms with Gasteiger partial charge in [0.25, 0.3) is 0 Å². The van der Waals surface area contributed by atoms with Crippen LogP contribution in [0.25, 0.3) is 0 Å². The number of carbonyl (C=O) groups excluding carboxylic acids is 1. The number of carbonyl (C=O) groups is 1. The summed E-state index contributed by atoms with van der Waals surface area (Å²) in [4.78, 5) is 12.0. The van der Waals surface area contributed by atoms with Gasteiger partial charge in [0.1, 0.15) is 5.41 Å². The Labute approximate surface area is 119 Å². The molecule has 0 aliphatic heterocycles. The van der Waals surface area contributed by atoms with Crippen LogP contribution in [0.15, 0.2) is 18.2 Å². The van der Waals surface area contributed by atoms with Gasteiger partial charge < -0.3 is 14.8 Å². The van der Waals surface area contributed by atoms with Gasteiger partial charge in [-0.15, -0.1) is 0 Å². The molecule has 0 aliphatic carbocycles. The van der Waals surface area contributed by atoms with Gasteiger partial charge in [-0.3, -0.25) is 4.79 Å². The minimum atomic E-state index is -0.990. The van der Waals surface area contributed by atoms with Crippen molar-refractivity contribution in [2.75, 3.05) is 14.2 Å². The van der Waals surface area contributed by atoms with Gasteiger partial charge in [-0.1, -0.05) is 13.0 Å². The molecule has 0 aliphatic rings. The molecule has 1 unspecified atom stereocenters. The van der Waals surface area contributed by atoms with E-state index in [1.807, 2.05) is 19.1 Å². The summed E-state index contributed by atoms with van der Waals surface area (Å²) < 4.78 is 10.4. The molecule has 0 saturated heterocycles. The van der Waals surface area contributed by atoms with Crippen molar-refractivity contribution in [3.05, 3.63) is 23.8 Å². The van der Waals surface area contributed by atoms with E-state index >= 15 is 0 Å². The summed E-state index contributed by atoms with van der Waals surface area (Å²) in [6.07, 6.45) is 0.473. The molecule has 0 spiro atoms. The molecule has 1 atom stereocenters. The highest BCUT2D eigenvalue weighted by molar-refractivity contribution is 5.84. The van der Waals surface area contributed by atoms with Crippen LogP contribution < -0.4 is 14.8 Å². The van der Waals surface area contributed by atoms with E-state index in [0.717, 1.165) is 5.56 Å². The summed E-state index contributed by atoms with van der Waals surface area (Å²) >= 11 is 0. The van der Waals surface area contributed by atoms with Crippen LogP contribution in [0, 0.1) is 16.7 Å². The van der Waals surface area contributed by atoms with E-state index in [1.54, 1.807) is 33.3 Å². The first-order chi connectivity index (χ1) is 9.50. The van der Waals surface area contributed by atoms with Crippen molar-refractivity contribution in [2.45, 2.75) is 26.8 Å². The van der Waals surface area contributed by atoms with Gasteiger partial charge in [-0.05, 0) is 31.0 Å². The molecule has 108 valence electrons. The highest BCUT2D eigenvalue weighted by Gasteiger charge is 2.30.